The first-order chi connectivity index (χ1) is 9.65. The maximum atomic E-state index is 12.4. The molecule has 0 aromatic carbocycles. The van der Waals surface area contributed by atoms with Crippen molar-refractivity contribution in [3.8, 4) is 0 Å². The van der Waals surface area contributed by atoms with Crippen molar-refractivity contribution >= 4 is 11.8 Å². The summed E-state index contributed by atoms with van der Waals surface area (Å²) in [6.45, 7) is 1.47. The number of nitrogens with zero attached hydrogens (tertiary/aromatic N) is 3. The zero-order valence-corrected chi connectivity index (χ0v) is 11.5. The molecule has 1 aromatic heterocycles. The molecule has 108 valence electrons. The van der Waals surface area contributed by atoms with Crippen molar-refractivity contribution in [3.05, 3.63) is 18.0 Å². The van der Waals surface area contributed by atoms with E-state index in [1.54, 1.807) is 10.9 Å². The van der Waals surface area contributed by atoms with Crippen LogP contribution in [0.5, 0.6) is 0 Å². The molecule has 0 spiro atoms. The van der Waals surface area contributed by atoms with Gasteiger partial charge in [-0.15, -0.1) is 0 Å². The molecule has 1 saturated carbocycles. The molecule has 2 fully saturated rings. The van der Waals surface area contributed by atoms with Crippen molar-refractivity contribution in [2.75, 3.05) is 13.1 Å². The largest absolute Gasteiger partial charge is 0.366 e. The molecular weight excluding hydrogens is 256 g/mol. The van der Waals surface area contributed by atoms with E-state index in [-0.39, 0.29) is 12.0 Å². The van der Waals surface area contributed by atoms with Gasteiger partial charge in [0.25, 0.3) is 5.91 Å². The van der Waals surface area contributed by atoms with Crippen molar-refractivity contribution < 1.29 is 9.59 Å². The van der Waals surface area contributed by atoms with E-state index in [0.29, 0.717) is 18.0 Å². The second kappa shape index (κ2) is 5.26. The van der Waals surface area contributed by atoms with Gasteiger partial charge in [-0.05, 0) is 19.3 Å². The minimum atomic E-state index is -0.465. The van der Waals surface area contributed by atoms with Gasteiger partial charge in [-0.1, -0.05) is 12.8 Å². The number of nitrogens with two attached hydrogens (primary N) is 1. The second-order valence-electron chi connectivity index (χ2n) is 5.78. The predicted molar refractivity (Wildman–Crippen MR) is 72.9 cm³/mol. The molecule has 2 aliphatic rings. The van der Waals surface area contributed by atoms with Gasteiger partial charge >= 0.3 is 0 Å². The zero-order chi connectivity index (χ0) is 14.1. The van der Waals surface area contributed by atoms with E-state index in [9.17, 15) is 9.59 Å². The van der Waals surface area contributed by atoms with Crippen LogP contribution in [0.2, 0.25) is 0 Å². The third-order valence-corrected chi connectivity index (χ3v) is 4.44. The maximum Gasteiger partial charge on any atom is 0.251 e. The van der Waals surface area contributed by atoms with E-state index >= 15 is 0 Å². The van der Waals surface area contributed by atoms with Gasteiger partial charge in [-0.25, -0.2) is 0 Å². The van der Waals surface area contributed by atoms with Crippen LogP contribution >= 0.6 is 0 Å². The highest BCUT2D eigenvalue weighted by atomic mass is 16.2. The molecular formula is C14H20N4O2. The van der Waals surface area contributed by atoms with Crippen molar-refractivity contribution in [2.45, 2.75) is 38.1 Å². The van der Waals surface area contributed by atoms with Crippen molar-refractivity contribution in [1.82, 2.24) is 14.7 Å². The monoisotopic (exact) mass is 276 g/mol. The van der Waals surface area contributed by atoms with Gasteiger partial charge in [0.2, 0.25) is 5.91 Å². The van der Waals surface area contributed by atoms with Gasteiger partial charge < -0.3 is 10.6 Å². The molecule has 3 rings (SSSR count). The maximum absolute atomic E-state index is 12.4. The number of primary amides is 1. The van der Waals surface area contributed by atoms with Crippen LogP contribution in [0, 0.1) is 5.92 Å². The van der Waals surface area contributed by atoms with Crippen molar-refractivity contribution in [2.24, 2.45) is 11.7 Å². The number of rotatable bonds is 3. The van der Waals surface area contributed by atoms with Gasteiger partial charge in [-0.2, -0.15) is 5.10 Å². The smallest absolute Gasteiger partial charge is 0.251 e. The van der Waals surface area contributed by atoms with Crippen LogP contribution in [-0.2, 0) is 4.79 Å². The van der Waals surface area contributed by atoms with Gasteiger partial charge in [-0.3, -0.25) is 14.3 Å². The van der Waals surface area contributed by atoms with E-state index < -0.39 is 5.91 Å². The van der Waals surface area contributed by atoms with Gasteiger partial charge in [0.15, 0.2) is 0 Å². The SMILES string of the molecule is NC(=O)c1cnn(C2CCN(C(=O)C3CCCC3)C2)c1. The highest BCUT2D eigenvalue weighted by Gasteiger charge is 2.33. The Kier molecular flexibility index (Phi) is 3.46. The molecule has 1 aromatic rings. The molecule has 2 heterocycles. The number of hydrogen-bond donors (Lipinski definition) is 1. The van der Waals surface area contributed by atoms with Crippen LogP contribution < -0.4 is 5.73 Å². The van der Waals surface area contributed by atoms with Crippen LogP contribution in [0.3, 0.4) is 0 Å². The lowest BCUT2D eigenvalue weighted by Crippen LogP contribution is -2.33. The highest BCUT2D eigenvalue weighted by Crippen LogP contribution is 2.29. The first-order valence-corrected chi connectivity index (χ1v) is 7.28. The number of hydrogen-bond acceptors (Lipinski definition) is 3. The summed E-state index contributed by atoms with van der Waals surface area (Å²) in [5.74, 6) is 0.0629. The first kappa shape index (κ1) is 13.1. The highest BCUT2D eigenvalue weighted by molar-refractivity contribution is 5.92. The Morgan fingerprint density at radius 1 is 1.25 bits per heavy atom. The molecule has 6 heteroatoms. The van der Waals surface area contributed by atoms with Crippen LogP contribution in [-0.4, -0.2) is 39.6 Å². The molecule has 1 unspecified atom stereocenters. The summed E-state index contributed by atoms with van der Waals surface area (Å²) in [4.78, 5) is 25.4. The summed E-state index contributed by atoms with van der Waals surface area (Å²) in [7, 11) is 0. The van der Waals surface area contributed by atoms with Gasteiger partial charge in [0.05, 0.1) is 17.8 Å². The van der Waals surface area contributed by atoms with Crippen molar-refractivity contribution in [1.29, 1.82) is 0 Å². The Bertz CT molecular complexity index is 519. The Hall–Kier alpha value is -1.85. The molecule has 0 bridgehead atoms. The molecule has 1 saturated heterocycles. The topological polar surface area (TPSA) is 81.2 Å². The third-order valence-electron chi connectivity index (χ3n) is 4.44. The van der Waals surface area contributed by atoms with E-state index in [2.05, 4.69) is 5.10 Å². The normalized spacial score (nSPS) is 23.4. The molecule has 20 heavy (non-hydrogen) atoms. The second-order valence-corrected chi connectivity index (χ2v) is 5.78. The first-order valence-electron chi connectivity index (χ1n) is 7.28. The molecule has 1 aliphatic carbocycles. The Labute approximate surface area is 117 Å². The van der Waals surface area contributed by atoms with Crippen molar-refractivity contribution in [3.63, 3.8) is 0 Å². The number of carbonyl (C=O) groups is 2. The minimum Gasteiger partial charge on any atom is -0.366 e. The Balaban J connectivity index is 1.63. The summed E-state index contributed by atoms with van der Waals surface area (Å²) >= 11 is 0. The standard InChI is InChI=1S/C14H20N4O2/c15-13(19)11-7-16-18(8-11)12-5-6-17(9-12)14(20)10-3-1-2-4-10/h7-8,10,12H,1-6,9H2,(H2,15,19). The average molecular weight is 276 g/mol. The fourth-order valence-corrected chi connectivity index (χ4v) is 3.25. The number of aromatic nitrogens is 2. The Morgan fingerprint density at radius 3 is 2.65 bits per heavy atom. The minimum absolute atomic E-state index is 0.161. The lowest BCUT2D eigenvalue weighted by Gasteiger charge is -2.20. The summed E-state index contributed by atoms with van der Waals surface area (Å²) in [6.07, 6.45) is 8.48. The molecule has 0 radical (unpaired) electrons. The molecule has 1 atom stereocenters. The molecule has 2 N–H and O–H groups in total. The third kappa shape index (κ3) is 2.42. The van der Waals surface area contributed by atoms with E-state index in [0.717, 1.165) is 25.8 Å². The lowest BCUT2D eigenvalue weighted by molar-refractivity contribution is -0.134. The summed E-state index contributed by atoms with van der Waals surface area (Å²) in [5.41, 5.74) is 5.65. The predicted octanol–water partition coefficient (Wildman–Crippen LogP) is 0.946. The van der Waals surface area contributed by atoms with Gasteiger partial charge in [0, 0.05) is 25.2 Å². The molecule has 2 amide bonds. The van der Waals surface area contributed by atoms with Gasteiger partial charge in [0.1, 0.15) is 0 Å². The van der Waals surface area contributed by atoms with Crippen LogP contribution in [0.1, 0.15) is 48.5 Å². The molecule has 6 nitrogen and oxygen atoms in total. The lowest BCUT2D eigenvalue weighted by atomic mass is 10.1. The number of carbonyl (C=O) groups excluding carboxylic acids is 2. The number of likely N-dealkylation sites (tertiary alicyclic amines) is 1. The fraction of sp³-hybridized carbons (Fsp3) is 0.643. The summed E-state index contributed by atoms with van der Waals surface area (Å²) < 4.78 is 1.77. The van der Waals surface area contributed by atoms with Crippen LogP contribution in [0.15, 0.2) is 12.4 Å². The van der Waals surface area contributed by atoms with Crippen LogP contribution in [0.4, 0.5) is 0 Å². The van der Waals surface area contributed by atoms with E-state index in [1.807, 2.05) is 4.90 Å². The zero-order valence-electron chi connectivity index (χ0n) is 11.5. The summed E-state index contributed by atoms with van der Waals surface area (Å²) in [6, 6.07) is 0.161. The fourth-order valence-electron chi connectivity index (χ4n) is 3.25. The Morgan fingerprint density at radius 2 is 2.00 bits per heavy atom. The van der Waals surface area contributed by atoms with E-state index in [4.69, 9.17) is 5.73 Å². The molecule has 1 aliphatic heterocycles. The van der Waals surface area contributed by atoms with E-state index in [1.165, 1.54) is 19.0 Å². The van der Waals surface area contributed by atoms with Crippen LogP contribution in [0.25, 0.3) is 0 Å². The quantitative estimate of drug-likeness (QED) is 0.892. The number of amides is 2. The summed E-state index contributed by atoms with van der Waals surface area (Å²) in [5, 5.41) is 4.19. The average Bonchev–Trinajstić information content (AvgIpc) is 3.17.